The number of rotatable bonds is 6. The lowest BCUT2D eigenvalue weighted by atomic mass is 10.1. The fourth-order valence-electron chi connectivity index (χ4n) is 4.03. The number of carbonyl (C=O) groups is 1. The Morgan fingerprint density at radius 2 is 1.53 bits per heavy atom. The molecule has 0 saturated carbocycles. The number of benzene rings is 3. The van der Waals surface area contributed by atoms with E-state index >= 15 is 0 Å². The number of carbonyl (C=O) groups excluding carboxylic acids is 1. The minimum Gasteiger partial charge on any atom is -0.497 e. The minimum absolute atomic E-state index is 0.0942. The number of methoxy groups -OCH3 is 1. The van der Waals surface area contributed by atoms with E-state index in [0.717, 1.165) is 30.1 Å². The molecule has 1 aliphatic rings. The summed E-state index contributed by atoms with van der Waals surface area (Å²) in [6.45, 7) is 6.29. The summed E-state index contributed by atoms with van der Waals surface area (Å²) in [6.07, 6.45) is 0. The Bertz CT molecular complexity index is 1260. The SMILES string of the molecule is COc1ccc(N2CCN(C(=O)c3cccc(NS(=O)(=O)c4ccc(C)cc4)c3C)CC2)cc1. The third-order valence-corrected chi connectivity index (χ3v) is 7.53. The summed E-state index contributed by atoms with van der Waals surface area (Å²) in [5.41, 5.74) is 3.59. The van der Waals surface area contributed by atoms with Crippen LogP contribution in [-0.2, 0) is 10.0 Å². The molecule has 0 radical (unpaired) electrons. The molecule has 0 aromatic heterocycles. The molecule has 34 heavy (non-hydrogen) atoms. The summed E-state index contributed by atoms with van der Waals surface area (Å²) in [5.74, 6) is 0.717. The number of hydrogen-bond acceptors (Lipinski definition) is 5. The summed E-state index contributed by atoms with van der Waals surface area (Å²) >= 11 is 0. The molecular formula is C26H29N3O4S. The van der Waals surface area contributed by atoms with E-state index < -0.39 is 10.0 Å². The fourth-order valence-corrected chi connectivity index (χ4v) is 5.15. The van der Waals surface area contributed by atoms with Gasteiger partial charge >= 0.3 is 0 Å². The van der Waals surface area contributed by atoms with Gasteiger partial charge in [-0.25, -0.2) is 8.42 Å². The summed E-state index contributed by atoms with van der Waals surface area (Å²) in [5, 5.41) is 0. The molecule has 7 nitrogen and oxygen atoms in total. The van der Waals surface area contributed by atoms with Crippen LogP contribution in [0.1, 0.15) is 21.5 Å². The van der Waals surface area contributed by atoms with Crippen LogP contribution in [-0.4, -0.2) is 52.5 Å². The molecule has 8 heteroatoms. The zero-order valence-electron chi connectivity index (χ0n) is 19.6. The van der Waals surface area contributed by atoms with Crippen molar-refractivity contribution < 1.29 is 17.9 Å². The molecule has 4 rings (SSSR count). The molecular weight excluding hydrogens is 450 g/mol. The number of hydrogen-bond donors (Lipinski definition) is 1. The molecule has 0 atom stereocenters. The van der Waals surface area contributed by atoms with Gasteiger partial charge in [0, 0.05) is 37.4 Å². The Kier molecular flexibility index (Phi) is 6.79. The van der Waals surface area contributed by atoms with Crippen LogP contribution in [0.2, 0.25) is 0 Å². The summed E-state index contributed by atoms with van der Waals surface area (Å²) in [6, 6.07) is 19.7. The van der Waals surface area contributed by atoms with Crippen LogP contribution in [0.3, 0.4) is 0 Å². The Labute approximate surface area is 201 Å². The normalized spacial score (nSPS) is 14.1. The molecule has 1 saturated heterocycles. The maximum absolute atomic E-state index is 13.3. The van der Waals surface area contributed by atoms with Gasteiger partial charge in [-0.1, -0.05) is 23.8 Å². The second-order valence-corrected chi connectivity index (χ2v) is 10.1. The molecule has 1 amide bonds. The first-order chi connectivity index (χ1) is 16.3. The molecule has 1 fully saturated rings. The largest absolute Gasteiger partial charge is 0.497 e. The van der Waals surface area contributed by atoms with Gasteiger partial charge in [0.25, 0.3) is 15.9 Å². The molecule has 0 bridgehead atoms. The zero-order chi connectivity index (χ0) is 24.3. The first-order valence-corrected chi connectivity index (χ1v) is 12.6. The van der Waals surface area contributed by atoms with E-state index in [4.69, 9.17) is 4.74 Å². The van der Waals surface area contributed by atoms with Crippen molar-refractivity contribution in [2.45, 2.75) is 18.7 Å². The van der Waals surface area contributed by atoms with Gasteiger partial charge in [0.1, 0.15) is 5.75 Å². The number of nitrogens with one attached hydrogen (secondary N) is 1. The third-order valence-electron chi connectivity index (χ3n) is 6.14. The quantitative estimate of drug-likeness (QED) is 0.577. The molecule has 0 aliphatic carbocycles. The van der Waals surface area contributed by atoms with E-state index in [9.17, 15) is 13.2 Å². The van der Waals surface area contributed by atoms with Crippen LogP contribution in [0.25, 0.3) is 0 Å². The van der Waals surface area contributed by atoms with Crippen LogP contribution in [0.5, 0.6) is 5.75 Å². The van der Waals surface area contributed by atoms with Gasteiger partial charge in [-0.3, -0.25) is 9.52 Å². The van der Waals surface area contributed by atoms with Crippen molar-refractivity contribution in [1.82, 2.24) is 4.90 Å². The molecule has 1 N–H and O–H groups in total. The Balaban J connectivity index is 1.46. The summed E-state index contributed by atoms with van der Waals surface area (Å²) in [4.78, 5) is 17.5. The number of ether oxygens (including phenoxy) is 1. The first-order valence-electron chi connectivity index (χ1n) is 11.2. The van der Waals surface area contributed by atoms with E-state index in [1.165, 1.54) is 0 Å². The number of anilines is 2. The first kappa shape index (κ1) is 23.6. The van der Waals surface area contributed by atoms with Crippen molar-refractivity contribution in [2.24, 2.45) is 0 Å². The van der Waals surface area contributed by atoms with Crippen LogP contribution in [0, 0.1) is 13.8 Å². The number of nitrogens with zero attached hydrogens (tertiary/aromatic N) is 2. The van der Waals surface area contributed by atoms with Crippen LogP contribution in [0.15, 0.2) is 71.6 Å². The van der Waals surface area contributed by atoms with E-state index in [2.05, 4.69) is 9.62 Å². The highest BCUT2D eigenvalue weighted by Gasteiger charge is 2.25. The Hall–Kier alpha value is -3.52. The van der Waals surface area contributed by atoms with Gasteiger partial charge in [0.2, 0.25) is 0 Å². The number of amides is 1. The van der Waals surface area contributed by atoms with Crippen molar-refractivity contribution in [2.75, 3.05) is 42.9 Å². The predicted molar refractivity (Wildman–Crippen MR) is 134 cm³/mol. The van der Waals surface area contributed by atoms with Gasteiger partial charge < -0.3 is 14.5 Å². The van der Waals surface area contributed by atoms with Crippen LogP contribution < -0.4 is 14.4 Å². The lowest BCUT2D eigenvalue weighted by Crippen LogP contribution is -2.49. The monoisotopic (exact) mass is 479 g/mol. The van der Waals surface area contributed by atoms with Crippen molar-refractivity contribution in [1.29, 1.82) is 0 Å². The summed E-state index contributed by atoms with van der Waals surface area (Å²) in [7, 11) is -2.11. The average Bonchev–Trinajstić information content (AvgIpc) is 2.85. The third kappa shape index (κ3) is 5.02. The topological polar surface area (TPSA) is 79.0 Å². The maximum Gasteiger partial charge on any atom is 0.261 e. The summed E-state index contributed by atoms with van der Waals surface area (Å²) < 4.78 is 33.5. The molecule has 1 heterocycles. The Morgan fingerprint density at radius 3 is 2.15 bits per heavy atom. The molecule has 3 aromatic carbocycles. The smallest absolute Gasteiger partial charge is 0.261 e. The second-order valence-electron chi connectivity index (χ2n) is 8.37. The lowest BCUT2D eigenvalue weighted by Gasteiger charge is -2.36. The van der Waals surface area contributed by atoms with Crippen LogP contribution in [0.4, 0.5) is 11.4 Å². The maximum atomic E-state index is 13.3. The van der Waals surface area contributed by atoms with Gasteiger partial charge in [-0.05, 0) is 67.9 Å². The van der Waals surface area contributed by atoms with Gasteiger partial charge in [-0.15, -0.1) is 0 Å². The molecule has 178 valence electrons. The van der Waals surface area contributed by atoms with E-state index in [1.54, 1.807) is 56.5 Å². The second kappa shape index (κ2) is 9.77. The van der Waals surface area contributed by atoms with Crippen molar-refractivity contribution in [3.8, 4) is 5.75 Å². The van der Waals surface area contributed by atoms with Crippen LogP contribution >= 0.6 is 0 Å². The Morgan fingerprint density at radius 1 is 0.882 bits per heavy atom. The van der Waals surface area contributed by atoms with E-state index in [1.807, 2.05) is 36.1 Å². The lowest BCUT2D eigenvalue weighted by molar-refractivity contribution is 0.0746. The molecule has 0 spiro atoms. The number of piperazine rings is 1. The molecule has 0 unspecified atom stereocenters. The highest BCUT2D eigenvalue weighted by molar-refractivity contribution is 7.92. The van der Waals surface area contributed by atoms with E-state index in [0.29, 0.717) is 29.9 Å². The number of aryl methyl sites for hydroxylation is 1. The highest BCUT2D eigenvalue weighted by Crippen LogP contribution is 2.25. The fraction of sp³-hybridized carbons (Fsp3) is 0.269. The van der Waals surface area contributed by atoms with Gasteiger partial charge in [0.15, 0.2) is 0 Å². The van der Waals surface area contributed by atoms with Crippen molar-refractivity contribution in [3.63, 3.8) is 0 Å². The average molecular weight is 480 g/mol. The zero-order valence-corrected chi connectivity index (χ0v) is 20.4. The number of sulfonamides is 1. The minimum atomic E-state index is -3.75. The predicted octanol–water partition coefficient (Wildman–Crippen LogP) is 4.08. The van der Waals surface area contributed by atoms with E-state index in [-0.39, 0.29) is 10.8 Å². The highest BCUT2D eigenvalue weighted by atomic mass is 32.2. The van der Waals surface area contributed by atoms with Gasteiger partial charge in [-0.2, -0.15) is 0 Å². The molecule has 3 aromatic rings. The van der Waals surface area contributed by atoms with Crippen molar-refractivity contribution in [3.05, 3.63) is 83.4 Å². The van der Waals surface area contributed by atoms with Gasteiger partial charge in [0.05, 0.1) is 17.7 Å². The standard InChI is InChI=1S/C26H29N3O4S/c1-19-7-13-23(14-8-19)34(31,32)27-25-6-4-5-24(20(25)2)26(30)29-17-15-28(16-18-29)21-9-11-22(33-3)12-10-21/h4-14,27H,15-18H2,1-3H3. The molecule has 1 aliphatic heterocycles. The van der Waals surface area contributed by atoms with Crippen molar-refractivity contribution >= 4 is 27.3 Å².